The van der Waals surface area contributed by atoms with Gasteiger partial charge >= 0.3 is 34.4 Å². The molecule has 0 unspecified atom stereocenters. The van der Waals surface area contributed by atoms with Crippen LogP contribution in [0.5, 0.6) is 0 Å². The van der Waals surface area contributed by atoms with E-state index in [4.69, 9.17) is 0 Å². The van der Waals surface area contributed by atoms with Gasteiger partial charge in [-0.05, 0) is 0 Å². The molecule has 0 fully saturated rings. The van der Waals surface area contributed by atoms with Crippen LogP contribution in [0.3, 0.4) is 0 Å². The van der Waals surface area contributed by atoms with Gasteiger partial charge in [-0.1, -0.05) is 0 Å². The van der Waals surface area contributed by atoms with Crippen molar-refractivity contribution in [2.75, 3.05) is 0 Å². The molecule has 0 heterocycles. The van der Waals surface area contributed by atoms with Gasteiger partial charge in [-0.25, -0.2) is 0 Å². The van der Waals surface area contributed by atoms with E-state index in [9.17, 15) is 0 Å². The van der Waals surface area contributed by atoms with E-state index in [1.54, 1.807) is 0 Å². The monoisotopic (exact) mass is 204 g/mol. The van der Waals surface area contributed by atoms with Gasteiger partial charge in [0.1, 0.15) is 0 Å². The zero-order chi connectivity index (χ0) is 0. The summed E-state index contributed by atoms with van der Waals surface area (Å²) in [5.74, 6) is 0. The Hall–Kier alpha value is 2.10. The molecule has 5 heavy (non-hydrogen) atoms. The van der Waals surface area contributed by atoms with Crippen LogP contribution in [-0.4, -0.2) is 0 Å². The Labute approximate surface area is 74.4 Å². The normalized spacial score (nSPS) is 0. The largest absolute Gasteiger partial charge is 3.00 e. The topological polar surface area (TPSA) is 0 Å². The molecule has 0 saturated carbocycles. The fourth-order valence-electron chi connectivity index (χ4n) is 0. The summed E-state index contributed by atoms with van der Waals surface area (Å²) >= 11 is 0. The maximum absolute atomic E-state index is 0. The first-order chi connectivity index (χ1) is 0. The van der Waals surface area contributed by atoms with E-state index in [2.05, 4.69) is 0 Å². The first-order valence-corrected chi connectivity index (χ1v) is 0. The maximum atomic E-state index is 0. The van der Waals surface area contributed by atoms with Crippen LogP contribution in [0.4, 0.5) is 0 Å². The number of hydrogen-bond donors (Lipinski definition) is 0. The van der Waals surface area contributed by atoms with Gasteiger partial charge in [0.2, 0.25) is 0 Å². The quantitative estimate of drug-likeness (QED) is 0.487. The Morgan fingerprint density at radius 2 is 0.600 bits per heavy atom. The molecule has 0 rings (SSSR count). The van der Waals surface area contributed by atoms with Crippen molar-refractivity contribution in [1.29, 1.82) is 0 Å². The smallest absolute Gasteiger partial charge is 2.00 e. The molecule has 0 aliphatic carbocycles. The van der Waals surface area contributed by atoms with Crippen LogP contribution in [0.15, 0.2) is 0 Å². The second-order valence-electron chi connectivity index (χ2n) is 0. The van der Waals surface area contributed by atoms with Gasteiger partial charge in [-0.15, -0.1) is 0 Å². The molecule has 5 heteroatoms. The minimum absolute atomic E-state index is 0. The third-order valence-corrected chi connectivity index (χ3v) is 0. The summed E-state index contributed by atoms with van der Waals surface area (Å²) in [6.07, 6.45) is 0. The Morgan fingerprint density at radius 1 is 0.600 bits per heavy atom. The fraction of sp³-hybridized carbons (Fsp3) is 0. The van der Waals surface area contributed by atoms with Crippen molar-refractivity contribution < 1.29 is 34.4 Å². The van der Waals surface area contributed by atoms with Gasteiger partial charge in [0.05, 0.1) is 0 Å². The summed E-state index contributed by atoms with van der Waals surface area (Å²) in [6, 6.07) is 0. The molecule has 32 valence electrons. The molecule has 0 aliphatic heterocycles. The van der Waals surface area contributed by atoms with Crippen LogP contribution >= 0.6 is 0 Å². The average Bonchev–Trinajstić information content (AvgIpc) is 0. The first kappa shape index (κ1) is 59.9. The van der Waals surface area contributed by atoms with Gasteiger partial charge in [-0.3, -0.25) is 0 Å². The maximum Gasteiger partial charge on any atom is 3.00 e. The first-order valence-electron chi connectivity index (χ1n) is 0. The van der Waals surface area contributed by atoms with Crippen molar-refractivity contribution in [2.45, 2.75) is 0 Å². The minimum atomic E-state index is 0. The summed E-state index contributed by atoms with van der Waals surface area (Å²) in [4.78, 5) is 0. The van der Waals surface area contributed by atoms with Gasteiger partial charge in [-0.2, -0.15) is 0 Å². The van der Waals surface area contributed by atoms with Gasteiger partial charge in [0, 0.05) is 0 Å². The predicted molar refractivity (Wildman–Crippen MR) is 22.1 cm³/mol. The van der Waals surface area contributed by atoms with E-state index in [-0.39, 0.29) is 74.9 Å². The third-order valence-electron chi connectivity index (χ3n) is 0. The Morgan fingerprint density at radius 3 is 0.600 bits per heavy atom. The summed E-state index contributed by atoms with van der Waals surface area (Å²) in [6.45, 7) is 0. The Kier molecular flexibility index (Phi) is 430. The van der Waals surface area contributed by atoms with Crippen LogP contribution in [0, 0.1) is 0 Å². The van der Waals surface area contributed by atoms with Crippen molar-refractivity contribution in [3.05, 3.63) is 0 Å². The Balaban J connectivity index is 0. The zero-order valence-corrected chi connectivity index (χ0v) is 6.82. The molecule has 0 aromatic rings. The van der Waals surface area contributed by atoms with Gasteiger partial charge in [0.15, 0.2) is 0 Å². The van der Waals surface area contributed by atoms with Crippen LogP contribution in [0.2, 0.25) is 0 Å². The molecule has 2 radical (unpaired) electrons. The van der Waals surface area contributed by atoms with E-state index in [1.165, 1.54) is 0 Å². The number of rotatable bonds is 0. The third kappa shape index (κ3) is 23.2. The van der Waals surface area contributed by atoms with Gasteiger partial charge < -0.3 is 40.5 Å². The molecular formula is CrFeS3. The van der Waals surface area contributed by atoms with Crippen molar-refractivity contribution in [2.24, 2.45) is 0 Å². The van der Waals surface area contributed by atoms with Gasteiger partial charge in [0.25, 0.3) is 0 Å². The molecule has 0 N–H and O–H groups in total. The SMILES string of the molecule is [Cr+3].[Fe+3].[S-2].[S-2].[S-2]. The van der Waals surface area contributed by atoms with E-state index >= 15 is 0 Å². The summed E-state index contributed by atoms with van der Waals surface area (Å²) in [7, 11) is 0. The van der Waals surface area contributed by atoms with Crippen LogP contribution < -0.4 is 0 Å². The summed E-state index contributed by atoms with van der Waals surface area (Å²) < 4.78 is 0. The van der Waals surface area contributed by atoms with E-state index in [0.717, 1.165) is 0 Å². The second kappa shape index (κ2) is 35.9. The molecule has 0 spiro atoms. The van der Waals surface area contributed by atoms with E-state index < -0.39 is 0 Å². The molecule has 0 nitrogen and oxygen atoms in total. The van der Waals surface area contributed by atoms with E-state index in [0.29, 0.717) is 0 Å². The standard InChI is InChI=1S/Cr.Fe.3S/q2*+3;3*-2. The molecule has 0 aromatic carbocycles. The molecular weight excluding hydrogens is 204 g/mol. The van der Waals surface area contributed by atoms with Crippen molar-refractivity contribution >= 4 is 40.5 Å². The molecule has 0 aliphatic rings. The summed E-state index contributed by atoms with van der Waals surface area (Å²) in [5.41, 5.74) is 0. The molecule has 0 atom stereocenters. The molecule has 0 bridgehead atoms. The van der Waals surface area contributed by atoms with Crippen molar-refractivity contribution in [1.82, 2.24) is 0 Å². The van der Waals surface area contributed by atoms with Crippen molar-refractivity contribution in [3.63, 3.8) is 0 Å². The van der Waals surface area contributed by atoms with Crippen LogP contribution in [0.25, 0.3) is 0 Å². The van der Waals surface area contributed by atoms with Crippen molar-refractivity contribution in [3.8, 4) is 0 Å². The van der Waals surface area contributed by atoms with E-state index in [1.807, 2.05) is 0 Å². The number of hydrogen-bond acceptors (Lipinski definition) is 0. The fourth-order valence-corrected chi connectivity index (χ4v) is 0. The van der Waals surface area contributed by atoms with Crippen LogP contribution in [-0.2, 0) is 74.9 Å². The molecule has 0 amide bonds. The average molecular weight is 204 g/mol. The zero-order valence-electron chi connectivity index (χ0n) is 1.99. The molecule has 0 saturated heterocycles. The second-order valence-corrected chi connectivity index (χ2v) is 0. The van der Waals surface area contributed by atoms with Crippen LogP contribution in [0.1, 0.15) is 0 Å². The minimum Gasteiger partial charge on any atom is -2.00 e. The Bertz CT molecular complexity index is 6.85. The predicted octanol–water partition coefficient (Wildman–Crippen LogP) is -0.0122. The molecule has 0 aromatic heterocycles. The summed E-state index contributed by atoms with van der Waals surface area (Å²) in [5, 5.41) is 0.